The molecule has 0 N–H and O–H groups in total. The number of rotatable bonds is 2. The number of ether oxygens (including phenoxy) is 1. The highest BCUT2D eigenvalue weighted by molar-refractivity contribution is 6.27. The summed E-state index contributed by atoms with van der Waals surface area (Å²) in [6.07, 6.45) is 7.99. The summed E-state index contributed by atoms with van der Waals surface area (Å²) >= 11 is 7.04. The highest BCUT2D eigenvalue weighted by Gasteiger charge is 2.71. The summed E-state index contributed by atoms with van der Waals surface area (Å²) < 4.78 is 5.22. The number of esters is 1. The number of hydrogen-bond donors (Lipinski definition) is 0. The monoisotopic (exact) mass is 403 g/mol. The van der Waals surface area contributed by atoms with Crippen LogP contribution in [0.25, 0.3) is 0 Å². The molecule has 0 aromatic heterocycles. The van der Waals surface area contributed by atoms with Crippen molar-refractivity contribution in [1.29, 1.82) is 5.26 Å². The maximum absolute atomic E-state index is 12.8. The van der Waals surface area contributed by atoms with Gasteiger partial charge < -0.3 is 4.74 Å². The van der Waals surface area contributed by atoms with Gasteiger partial charge >= 0.3 is 5.97 Å². The summed E-state index contributed by atoms with van der Waals surface area (Å²) in [6.45, 7) is 6.00. The summed E-state index contributed by atoms with van der Waals surface area (Å²) in [6, 6.07) is 2.45. The number of nitriles is 1. The number of methoxy groups -OCH3 is 1. The third-order valence-electron chi connectivity index (χ3n) is 9.12. The number of nitrogens with zero attached hydrogens (tertiary/aromatic N) is 1. The Labute approximate surface area is 172 Å². The Morgan fingerprint density at radius 1 is 1.25 bits per heavy atom. The first-order chi connectivity index (χ1) is 13.1. The van der Waals surface area contributed by atoms with Gasteiger partial charge in [0.25, 0.3) is 0 Å². The maximum Gasteiger partial charge on any atom is 0.311 e. The van der Waals surface area contributed by atoms with E-state index in [9.17, 15) is 14.9 Å². The van der Waals surface area contributed by atoms with Crippen molar-refractivity contribution in [3.05, 3.63) is 11.6 Å². The van der Waals surface area contributed by atoms with Gasteiger partial charge in [-0.15, -0.1) is 11.6 Å². The minimum atomic E-state index is -0.966. The van der Waals surface area contributed by atoms with Crippen LogP contribution in [0.5, 0.6) is 0 Å². The smallest absolute Gasteiger partial charge is 0.311 e. The van der Waals surface area contributed by atoms with Crippen LogP contribution in [-0.4, -0.2) is 23.7 Å². The van der Waals surface area contributed by atoms with Crippen molar-refractivity contribution >= 4 is 23.4 Å². The van der Waals surface area contributed by atoms with Crippen LogP contribution in [0.4, 0.5) is 0 Å². The summed E-state index contributed by atoms with van der Waals surface area (Å²) in [5.41, 5.74) is -0.196. The quantitative estimate of drug-likeness (QED) is 0.490. The first-order valence-electron chi connectivity index (χ1n) is 10.5. The number of carbonyl (C=O) groups excluding carboxylic acids is 2. The minimum absolute atomic E-state index is 0.0448. The number of carbonyl (C=O) groups is 2. The molecular formula is C23H30ClNO3. The van der Waals surface area contributed by atoms with Crippen molar-refractivity contribution < 1.29 is 14.3 Å². The first kappa shape index (κ1) is 20.0. The van der Waals surface area contributed by atoms with Crippen LogP contribution in [0.1, 0.15) is 65.7 Å². The van der Waals surface area contributed by atoms with Crippen molar-refractivity contribution in [2.45, 2.75) is 70.6 Å². The zero-order chi connectivity index (χ0) is 20.5. The summed E-state index contributed by atoms with van der Waals surface area (Å²) in [5.74, 6) is 0.461. The molecule has 5 rings (SSSR count). The average Bonchev–Trinajstić information content (AvgIpc) is 2.66. The number of halogens is 1. The van der Waals surface area contributed by atoms with E-state index in [1.54, 1.807) is 6.92 Å². The highest BCUT2D eigenvalue weighted by Crippen LogP contribution is 2.74. The fraction of sp³-hybridized carbons (Fsp3) is 0.783. The van der Waals surface area contributed by atoms with Gasteiger partial charge in [0.05, 0.1) is 18.6 Å². The highest BCUT2D eigenvalue weighted by atomic mass is 35.5. The average molecular weight is 404 g/mol. The van der Waals surface area contributed by atoms with Crippen LogP contribution in [0.15, 0.2) is 11.6 Å². The maximum atomic E-state index is 12.8. The van der Waals surface area contributed by atoms with Gasteiger partial charge in [0, 0.05) is 5.41 Å². The molecule has 3 fully saturated rings. The second-order valence-electron chi connectivity index (χ2n) is 10.2. The van der Waals surface area contributed by atoms with E-state index in [0.29, 0.717) is 6.42 Å². The van der Waals surface area contributed by atoms with E-state index in [2.05, 4.69) is 26.0 Å². The van der Waals surface area contributed by atoms with E-state index in [1.807, 2.05) is 0 Å². The predicted octanol–water partition coefficient (Wildman–Crippen LogP) is 4.81. The van der Waals surface area contributed by atoms with E-state index < -0.39 is 15.7 Å². The molecular weight excluding hydrogens is 374 g/mol. The minimum Gasteiger partial charge on any atom is -0.469 e. The molecule has 0 radical (unpaired) electrons. The molecule has 5 heteroatoms. The molecule has 5 aliphatic carbocycles. The molecule has 0 aromatic carbocycles. The third-order valence-corrected chi connectivity index (χ3v) is 9.71. The SMILES string of the molecule is COC(=O)[C@]1(C)CCC[C@@]2(C)[C@H]1CC[C@]13C=C(C(C)=O)[C@H](C[C@H]21)C[C@]3(Cl)C#N. The van der Waals surface area contributed by atoms with Crippen molar-refractivity contribution in [1.82, 2.24) is 0 Å². The lowest BCUT2D eigenvalue weighted by Crippen LogP contribution is -2.66. The number of alkyl halides is 1. The fourth-order valence-corrected chi connectivity index (χ4v) is 8.38. The molecule has 2 bridgehead atoms. The number of allylic oxidation sites excluding steroid dienone is 2. The Morgan fingerprint density at radius 2 is 1.96 bits per heavy atom. The lowest BCUT2D eigenvalue weighted by Gasteiger charge is -2.68. The van der Waals surface area contributed by atoms with Crippen LogP contribution in [0, 0.1) is 45.3 Å². The van der Waals surface area contributed by atoms with E-state index >= 15 is 0 Å². The lowest BCUT2D eigenvalue weighted by molar-refractivity contribution is -0.185. The predicted molar refractivity (Wildman–Crippen MR) is 106 cm³/mol. The Morgan fingerprint density at radius 3 is 2.57 bits per heavy atom. The fourth-order valence-electron chi connectivity index (χ4n) is 7.91. The van der Waals surface area contributed by atoms with Crippen LogP contribution >= 0.6 is 11.6 Å². The normalized spacial score (nSPS) is 49.3. The van der Waals surface area contributed by atoms with E-state index in [1.165, 1.54) is 7.11 Å². The van der Waals surface area contributed by atoms with Crippen LogP contribution in [0.2, 0.25) is 0 Å². The number of hydrogen-bond acceptors (Lipinski definition) is 4. The standard InChI is InChI=1S/C23H30ClNO3/c1-14(26)16-12-22-9-6-17-20(2,7-5-8-21(17,3)19(27)28-4)18(22)10-15(16)11-23(22,24)13-25/h12,15,17-18H,5-11H2,1-4H3/t15-,17-,18-,20+,21-,22+,23+/m1/s1. The Kier molecular flexibility index (Phi) is 4.33. The van der Waals surface area contributed by atoms with E-state index in [4.69, 9.17) is 16.3 Å². The Hall–Kier alpha value is -1.34. The molecule has 0 saturated heterocycles. The Bertz CT molecular complexity index is 815. The molecule has 0 amide bonds. The van der Waals surface area contributed by atoms with Gasteiger partial charge in [-0.2, -0.15) is 5.26 Å². The zero-order valence-corrected chi connectivity index (χ0v) is 18.1. The Balaban J connectivity index is 1.86. The molecule has 5 aliphatic rings. The van der Waals surface area contributed by atoms with Crippen molar-refractivity contribution in [2.24, 2.45) is 34.0 Å². The molecule has 152 valence electrons. The van der Waals surface area contributed by atoms with Crippen molar-refractivity contribution in [3.8, 4) is 6.07 Å². The molecule has 7 atom stereocenters. The third kappa shape index (κ3) is 2.23. The number of Topliss-reactive ketones (excluding diaryl/α,β-unsaturated/α-hetero) is 1. The van der Waals surface area contributed by atoms with Gasteiger partial charge in [-0.1, -0.05) is 19.4 Å². The van der Waals surface area contributed by atoms with E-state index in [0.717, 1.165) is 44.1 Å². The van der Waals surface area contributed by atoms with Crippen LogP contribution < -0.4 is 0 Å². The van der Waals surface area contributed by atoms with Gasteiger partial charge in [0.1, 0.15) is 4.87 Å². The molecule has 3 saturated carbocycles. The van der Waals surface area contributed by atoms with Crippen LogP contribution in [0.3, 0.4) is 0 Å². The van der Waals surface area contributed by atoms with Gasteiger partial charge in [-0.05, 0) is 81.1 Å². The zero-order valence-electron chi connectivity index (χ0n) is 17.3. The first-order valence-corrected chi connectivity index (χ1v) is 10.9. The van der Waals surface area contributed by atoms with Crippen molar-refractivity contribution in [3.63, 3.8) is 0 Å². The molecule has 4 nitrogen and oxygen atoms in total. The molecule has 0 unspecified atom stereocenters. The molecule has 0 heterocycles. The van der Waals surface area contributed by atoms with Crippen LogP contribution in [-0.2, 0) is 14.3 Å². The van der Waals surface area contributed by atoms with Gasteiger partial charge in [0.2, 0.25) is 0 Å². The number of ketones is 1. The topological polar surface area (TPSA) is 67.2 Å². The number of fused-ring (bicyclic) bond motifs is 2. The summed E-state index contributed by atoms with van der Waals surface area (Å²) in [7, 11) is 1.48. The van der Waals surface area contributed by atoms with Gasteiger partial charge in [0.15, 0.2) is 5.78 Å². The molecule has 1 spiro atoms. The second kappa shape index (κ2) is 6.08. The summed E-state index contributed by atoms with van der Waals surface area (Å²) in [4.78, 5) is 24.1. The van der Waals surface area contributed by atoms with Gasteiger partial charge in [-0.3, -0.25) is 9.59 Å². The van der Waals surface area contributed by atoms with E-state index in [-0.39, 0.29) is 34.9 Å². The van der Waals surface area contributed by atoms with Gasteiger partial charge in [-0.25, -0.2) is 0 Å². The van der Waals surface area contributed by atoms with Crippen molar-refractivity contribution in [2.75, 3.05) is 7.11 Å². The molecule has 28 heavy (non-hydrogen) atoms. The lowest BCUT2D eigenvalue weighted by atomic mass is 9.36. The summed E-state index contributed by atoms with van der Waals surface area (Å²) in [5, 5.41) is 10.1. The molecule has 0 aromatic rings. The largest absolute Gasteiger partial charge is 0.469 e. The molecule has 0 aliphatic heterocycles. The second-order valence-corrected chi connectivity index (χ2v) is 10.8.